The fourth-order valence-corrected chi connectivity index (χ4v) is 2.23. The predicted octanol–water partition coefficient (Wildman–Crippen LogP) is 1.94. The van der Waals surface area contributed by atoms with Gasteiger partial charge in [0.2, 0.25) is 5.91 Å². The Morgan fingerprint density at radius 2 is 2.19 bits per heavy atom. The SMILES string of the molecule is Cc1cc(CCCN)cc2c1NC(=O)C2C. The van der Waals surface area contributed by atoms with Crippen molar-refractivity contribution in [3.05, 3.63) is 28.8 Å². The van der Waals surface area contributed by atoms with Crippen molar-refractivity contribution in [1.82, 2.24) is 0 Å². The molecule has 2 rings (SSSR count). The zero-order valence-electron chi connectivity index (χ0n) is 9.84. The summed E-state index contributed by atoms with van der Waals surface area (Å²) in [5.74, 6) is 0.0839. The molecular formula is C13H18N2O. The maximum Gasteiger partial charge on any atom is 0.231 e. The van der Waals surface area contributed by atoms with Crippen molar-refractivity contribution in [3.63, 3.8) is 0 Å². The molecule has 16 heavy (non-hydrogen) atoms. The molecule has 0 aromatic heterocycles. The van der Waals surface area contributed by atoms with E-state index in [2.05, 4.69) is 17.4 Å². The standard InChI is InChI=1S/C13H18N2O/c1-8-6-10(4-3-5-14)7-11-9(2)13(16)15-12(8)11/h6-7,9H,3-5,14H2,1-2H3,(H,15,16). The van der Waals surface area contributed by atoms with Crippen LogP contribution in [0, 0.1) is 6.92 Å². The molecule has 86 valence electrons. The van der Waals surface area contributed by atoms with E-state index in [4.69, 9.17) is 5.73 Å². The zero-order chi connectivity index (χ0) is 11.7. The number of amides is 1. The van der Waals surface area contributed by atoms with Crippen LogP contribution in [0.15, 0.2) is 12.1 Å². The minimum Gasteiger partial charge on any atom is -0.330 e. The van der Waals surface area contributed by atoms with Crippen LogP contribution in [0.1, 0.15) is 36.0 Å². The van der Waals surface area contributed by atoms with E-state index in [1.807, 2.05) is 13.8 Å². The molecule has 0 saturated heterocycles. The number of hydrogen-bond donors (Lipinski definition) is 2. The van der Waals surface area contributed by atoms with Crippen LogP contribution in [0.2, 0.25) is 0 Å². The summed E-state index contributed by atoms with van der Waals surface area (Å²) in [7, 11) is 0. The Hall–Kier alpha value is -1.35. The number of benzene rings is 1. The molecule has 3 N–H and O–H groups in total. The van der Waals surface area contributed by atoms with Gasteiger partial charge in [-0.25, -0.2) is 0 Å². The number of carbonyl (C=O) groups is 1. The second-order valence-corrected chi connectivity index (χ2v) is 4.48. The van der Waals surface area contributed by atoms with Crippen molar-refractivity contribution in [2.24, 2.45) is 5.73 Å². The first-order chi connectivity index (χ1) is 7.63. The Morgan fingerprint density at radius 1 is 1.44 bits per heavy atom. The number of nitrogens with one attached hydrogen (secondary N) is 1. The average molecular weight is 218 g/mol. The molecule has 1 aliphatic rings. The number of fused-ring (bicyclic) bond motifs is 1. The van der Waals surface area contributed by atoms with Gasteiger partial charge in [0.1, 0.15) is 0 Å². The van der Waals surface area contributed by atoms with Crippen molar-refractivity contribution < 1.29 is 4.79 Å². The van der Waals surface area contributed by atoms with E-state index in [0.717, 1.165) is 29.7 Å². The molecule has 0 radical (unpaired) electrons. The lowest BCUT2D eigenvalue weighted by molar-refractivity contribution is -0.116. The maximum atomic E-state index is 11.6. The first-order valence-corrected chi connectivity index (χ1v) is 5.78. The molecule has 0 spiro atoms. The molecule has 0 aliphatic carbocycles. The van der Waals surface area contributed by atoms with Gasteiger partial charge in [-0.05, 0) is 49.9 Å². The van der Waals surface area contributed by atoms with E-state index in [-0.39, 0.29) is 11.8 Å². The van der Waals surface area contributed by atoms with E-state index in [1.54, 1.807) is 0 Å². The summed E-state index contributed by atoms with van der Waals surface area (Å²) in [5.41, 5.74) is 10.1. The highest BCUT2D eigenvalue weighted by Crippen LogP contribution is 2.35. The van der Waals surface area contributed by atoms with Crippen LogP contribution in [0.3, 0.4) is 0 Å². The summed E-state index contributed by atoms with van der Waals surface area (Å²) in [6.07, 6.45) is 1.99. The average Bonchev–Trinajstić information content (AvgIpc) is 2.54. The minimum absolute atomic E-state index is 0.0217. The Balaban J connectivity index is 2.35. The zero-order valence-corrected chi connectivity index (χ0v) is 9.84. The smallest absolute Gasteiger partial charge is 0.231 e. The summed E-state index contributed by atoms with van der Waals surface area (Å²) in [4.78, 5) is 11.6. The van der Waals surface area contributed by atoms with Gasteiger partial charge in [-0.2, -0.15) is 0 Å². The summed E-state index contributed by atoms with van der Waals surface area (Å²) >= 11 is 0. The fraction of sp³-hybridized carbons (Fsp3) is 0.462. The van der Waals surface area contributed by atoms with Crippen molar-refractivity contribution in [1.29, 1.82) is 0 Å². The molecule has 1 amide bonds. The van der Waals surface area contributed by atoms with Gasteiger partial charge in [0.15, 0.2) is 0 Å². The van der Waals surface area contributed by atoms with Crippen LogP contribution in [0.4, 0.5) is 5.69 Å². The van der Waals surface area contributed by atoms with Crippen LogP contribution in [-0.4, -0.2) is 12.5 Å². The quantitative estimate of drug-likeness (QED) is 0.814. The first-order valence-electron chi connectivity index (χ1n) is 5.78. The largest absolute Gasteiger partial charge is 0.330 e. The van der Waals surface area contributed by atoms with Crippen molar-refractivity contribution >= 4 is 11.6 Å². The highest BCUT2D eigenvalue weighted by Gasteiger charge is 2.27. The molecule has 0 fully saturated rings. The van der Waals surface area contributed by atoms with Gasteiger partial charge in [-0.3, -0.25) is 4.79 Å². The monoisotopic (exact) mass is 218 g/mol. The molecular weight excluding hydrogens is 200 g/mol. The minimum atomic E-state index is -0.0217. The fourth-order valence-electron chi connectivity index (χ4n) is 2.23. The van der Waals surface area contributed by atoms with Crippen LogP contribution >= 0.6 is 0 Å². The van der Waals surface area contributed by atoms with E-state index in [1.165, 1.54) is 5.56 Å². The maximum absolute atomic E-state index is 11.6. The Bertz CT molecular complexity index is 426. The molecule has 1 aromatic rings. The molecule has 1 aliphatic heterocycles. The Morgan fingerprint density at radius 3 is 2.88 bits per heavy atom. The van der Waals surface area contributed by atoms with Gasteiger partial charge in [0, 0.05) is 5.69 Å². The summed E-state index contributed by atoms with van der Waals surface area (Å²) in [6.45, 7) is 4.71. The third kappa shape index (κ3) is 1.83. The summed E-state index contributed by atoms with van der Waals surface area (Å²) in [5, 5.41) is 2.94. The molecule has 0 bridgehead atoms. The lowest BCUT2D eigenvalue weighted by Gasteiger charge is -2.08. The molecule has 0 saturated carbocycles. The highest BCUT2D eigenvalue weighted by atomic mass is 16.2. The van der Waals surface area contributed by atoms with E-state index < -0.39 is 0 Å². The van der Waals surface area contributed by atoms with Gasteiger partial charge in [0.25, 0.3) is 0 Å². The van der Waals surface area contributed by atoms with E-state index >= 15 is 0 Å². The Kier molecular flexibility index (Phi) is 2.97. The third-order valence-corrected chi connectivity index (χ3v) is 3.20. The lowest BCUT2D eigenvalue weighted by Crippen LogP contribution is -2.08. The molecule has 3 nitrogen and oxygen atoms in total. The molecule has 3 heteroatoms. The predicted molar refractivity (Wildman–Crippen MR) is 65.6 cm³/mol. The number of nitrogens with two attached hydrogens (primary N) is 1. The second-order valence-electron chi connectivity index (χ2n) is 4.48. The number of anilines is 1. The first kappa shape index (κ1) is 11.1. The number of rotatable bonds is 3. The van der Waals surface area contributed by atoms with Gasteiger partial charge >= 0.3 is 0 Å². The highest BCUT2D eigenvalue weighted by molar-refractivity contribution is 6.03. The van der Waals surface area contributed by atoms with Gasteiger partial charge in [0.05, 0.1) is 5.92 Å². The normalized spacial score (nSPS) is 18.4. The van der Waals surface area contributed by atoms with Crippen molar-refractivity contribution in [2.75, 3.05) is 11.9 Å². The lowest BCUT2D eigenvalue weighted by atomic mass is 9.96. The van der Waals surface area contributed by atoms with Gasteiger partial charge in [-0.1, -0.05) is 12.1 Å². The van der Waals surface area contributed by atoms with Crippen molar-refractivity contribution in [3.8, 4) is 0 Å². The van der Waals surface area contributed by atoms with Crippen molar-refractivity contribution in [2.45, 2.75) is 32.6 Å². The Labute approximate surface area is 96.0 Å². The van der Waals surface area contributed by atoms with Crippen LogP contribution < -0.4 is 11.1 Å². The molecule has 1 heterocycles. The molecule has 1 aromatic carbocycles. The summed E-state index contributed by atoms with van der Waals surface area (Å²) in [6, 6.07) is 4.29. The van der Waals surface area contributed by atoms with Crippen LogP contribution in [0.5, 0.6) is 0 Å². The van der Waals surface area contributed by atoms with Crippen LogP contribution in [-0.2, 0) is 11.2 Å². The third-order valence-electron chi connectivity index (χ3n) is 3.20. The summed E-state index contributed by atoms with van der Waals surface area (Å²) < 4.78 is 0. The molecule has 1 atom stereocenters. The second kappa shape index (κ2) is 4.26. The number of hydrogen-bond acceptors (Lipinski definition) is 2. The topological polar surface area (TPSA) is 55.1 Å². The van der Waals surface area contributed by atoms with Gasteiger partial charge < -0.3 is 11.1 Å². The van der Waals surface area contributed by atoms with Gasteiger partial charge in [-0.15, -0.1) is 0 Å². The van der Waals surface area contributed by atoms with Crippen LogP contribution in [0.25, 0.3) is 0 Å². The molecule has 1 unspecified atom stereocenters. The van der Waals surface area contributed by atoms with E-state index in [0.29, 0.717) is 6.54 Å². The van der Waals surface area contributed by atoms with E-state index in [9.17, 15) is 4.79 Å². The number of aryl methyl sites for hydroxylation is 2. The number of carbonyl (C=O) groups excluding carboxylic acids is 1.